The number of fused-ring (bicyclic) bond motifs is 1. The molecule has 1 aliphatic rings. The highest BCUT2D eigenvalue weighted by molar-refractivity contribution is 7.07. The minimum Gasteiger partial charge on any atom is -0.497 e. The molecular weight excluding hydrogens is 476 g/mol. The molecule has 1 atom stereocenters. The maximum Gasteiger partial charge on any atom is 0.338 e. The van der Waals surface area contributed by atoms with Gasteiger partial charge in [0.25, 0.3) is 5.56 Å². The summed E-state index contributed by atoms with van der Waals surface area (Å²) in [5.41, 5.74) is 1.77. The molecule has 7 nitrogen and oxygen atoms in total. The zero-order valence-corrected chi connectivity index (χ0v) is 20.7. The van der Waals surface area contributed by atoms with Crippen LogP contribution in [0.5, 0.6) is 11.5 Å². The predicted octanol–water partition coefficient (Wildman–Crippen LogP) is 3.47. The van der Waals surface area contributed by atoms with Crippen molar-refractivity contribution in [2.45, 2.75) is 19.9 Å². The number of carbonyl (C=O) groups excluding carboxylic acids is 1. The fourth-order valence-corrected chi connectivity index (χ4v) is 5.15. The maximum atomic E-state index is 13.7. The maximum absolute atomic E-state index is 13.7. The molecule has 0 radical (unpaired) electrons. The Morgan fingerprint density at radius 1 is 1.21 bits per heavy atom. The van der Waals surface area contributed by atoms with Crippen LogP contribution >= 0.6 is 22.9 Å². The SMILES string of the molecule is CCOC(=O)C1=C(C)N=c2s/c(=C\c3cc(OC)ccc3OC)c(=O)n2C1c1ccccc1Cl. The number of nitrogens with zero attached hydrogens (tertiary/aromatic N) is 2. The first kappa shape index (κ1) is 23.8. The third kappa shape index (κ3) is 4.26. The molecule has 2 heterocycles. The molecule has 0 bridgehead atoms. The van der Waals surface area contributed by atoms with Crippen molar-refractivity contribution in [2.75, 3.05) is 20.8 Å². The fourth-order valence-electron chi connectivity index (χ4n) is 3.88. The van der Waals surface area contributed by atoms with Gasteiger partial charge in [0.1, 0.15) is 17.5 Å². The average Bonchev–Trinajstić information content (AvgIpc) is 3.13. The molecule has 0 fully saturated rings. The molecular formula is C25H23ClN2O5S. The largest absolute Gasteiger partial charge is 0.497 e. The van der Waals surface area contributed by atoms with Crippen molar-refractivity contribution in [2.24, 2.45) is 4.99 Å². The summed E-state index contributed by atoms with van der Waals surface area (Å²) in [5.74, 6) is 0.698. The molecule has 4 rings (SSSR count). The minimum absolute atomic E-state index is 0.199. The van der Waals surface area contributed by atoms with Gasteiger partial charge in [0.05, 0.1) is 36.6 Å². The Morgan fingerprint density at radius 3 is 2.65 bits per heavy atom. The first-order chi connectivity index (χ1) is 16.4. The molecule has 1 aromatic heterocycles. The lowest BCUT2D eigenvalue weighted by atomic mass is 9.96. The number of hydrogen-bond donors (Lipinski definition) is 0. The zero-order valence-electron chi connectivity index (χ0n) is 19.1. The van der Waals surface area contributed by atoms with E-state index in [0.717, 1.165) is 0 Å². The van der Waals surface area contributed by atoms with Crippen LogP contribution in [0.25, 0.3) is 6.08 Å². The summed E-state index contributed by atoms with van der Waals surface area (Å²) in [6, 6.07) is 11.7. The lowest BCUT2D eigenvalue weighted by Gasteiger charge is -2.25. The van der Waals surface area contributed by atoms with E-state index >= 15 is 0 Å². The van der Waals surface area contributed by atoms with Gasteiger partial charge in [0.15, 0.2) is 4.80 Å². The molecule has 1 aliphatic heterocycles. The van der Waals surface area contributed by atoms with Gasteiger partial charge < -0.3 is 14.2 Å². The van der Waals surface area contributed by atoms with Crippen molar-refractivity contribution in [3.05, 3.63) is 89.6 Å². The van der Waals surface area contributed by atoms with Crippen molar-refractivity contribution in [1.82, 2.24) is 4.57 Å². The summed E-state index contributed by atoms with van der Waals surface area (Å²) in [6.07, 6.45) is 1.73. The van der Waals surface area contributed by atoms with E-state index in [2.05, 4.69) is 4.99 Å². The van der Waals surface area contributed by atoms with E-state index in [4.69, 9.17) is 25.8 Å². The minimum atomic E-state index is -0.765. The van der Waals surface area contributed by atoms with E-state index in [-0.39, 0.29) is 17.7 Å². The Bertz CT molecular complexity index is 1470. The summed E-state index contributed by atoms with van der Waals surface area (Å²) < 4.78 is 18.0. The van der Waals surface area contributed by atoms with E-state index in [9.17, 15) is 9.59 Å². The van der Waals surface area contributed by atoms with Crippen LogP contribution < -0.4 is 24.4 Å². The lowest BCUT2D eigenvalue weighted by molar-refractivity contribution is -0.139. The number of methoxy groups -OCH3 is 2. The zero-order chi connectivity index (χ0) is 24.4. The molecule has 0 aliphatic carbocycles. The Kier molecular flexibility index (Phi) is 6.90. The van der Waals surface area contributed by atoms with Gasteiger partial charge in [-0.15, -0.1) is 0 Å². The summed E-state index contributed by atoms with van der Waals surface area (Å²) in [6.45, 7) is 3.66. The average molecular weight is 499 g/mol. The number of esters is 1. The van der Waals surface area contributed by atoms with Gasteiger partial charge in [-0.3, -0.25) is 9.36 Å². The molecule has 3 aromatic rings. The van der Waals surface area contributed by atoms with Crippen molar-refractivity contribution in [1.29, 1.82) is 0 Å². The number of rotatable bonds is 6. The summed E-state index contributed by atoms with van der Waals surface area (Å²) in [7, 11) is 3.13. The second-order valence-electron chi connectivity index (χ2n) is 7.43. The molecule has 0 saturated carbocycles. The Balaban J connectivity index is 1.99. The molecule has 34 heavy (non-hydrogen) atoms. The van der Waals surface area contributed by atoms with Crippen molar-refractivity contribution in [3.8, 4) is 11.5 Å². The standard InChI is InChI=1S/C25H23ClN2O5S/c1-5-33-24(30)21-14(2)27-25-28(22(21)17-8-6-7-9-18(17)26)23(29)20(34-25)13-15-12-16(31-3)10-11-19(15)32-4/h6-13,22H,5H2,1-4H3/b20-13-. The van der Waals surface area contributed by atoms with Crippen LogP contribution in [-0.2, 0) is 9.53 Å². The molecule has 0 N–H and O–H groups in total. The Morgan fingerprint density at radius 2 is 1.97 bits per heavy atom. The van der Waals surface area contributed by atoms with Crippen LogP contribution in [0.2, 0.25) is 5.02 Å². The number of aromatic nitrogens is 1. The Hall–Kier alpha value is -3.36. The number of allylic oxidation sites excluding steroid dienone is 1. The van der Waals surface area contributed by atoms with Crippen LogP contribution in [0.3, 0.4) is 0 Å². The van der Waals surface area contributed by atoms with Gasteiger partial charge in [-0.2, -0.15) is 0 Å². The normalized spacial score (nSPS) is 15.6. The van der Waals surface area contributed by atoms with E-state index < -0.39 is 12.0 Å². The van der Waals surface area contributed by atoms with Gasteiger partial charge in [-0.05, 0) is 49.8 Å². The van der Waals surface area contributed by atoms with Crippen LogP contribution in [0.1, 0.15) is 31.0 Å². The number of thiazole rings is 1. The Labute approximate surface area is 205 Å². The summed E-state index contributed by atoms with van der Waals surface area (Å²) in [4.78, 5) is 31.7. The van der Waals surface area contributed by atoms with Crippen LogP contribution in [0.15, 0.2) is 63.5 Å². The van der Waals surface area contributed by atoms with Crippen LogP contribution in [0.4, 0.5) is 0 Å². The predicted molar refractivity (Wildman–Crippen MR) is 131 cm³/mol. The lowest BCUT2D eigenvalue weighted by Crippen LogP contribution is -2.40. The highest BCUT2D eigenvalue weighted by atomic mass is 35.5. The first-order valence-corrected chi connectivity index (χ1v) is 11.7. The van der Waals surface area contributed by atoms with Gasteiger partial charge in [0, 0.05) is 10.6 Å². The fraction of sp³-hybridized carbons (Fsp3) is 0.240. The quantitative estimate of drug-likeness (QED) is 0.486. The van der Waals surface area contributed by atoms with Gasteiger partial charge in [0.2, 0.25) is 0 Å². The molecule has 0 amide bonds. The molecule has 9 heteroatoms. The van der Waals surface area contributed by atoms with Gasteiger partial charge in [-0.25, -0.2) is 9.79 Å². The van der Waals surface area contributed by atoms with Crippen LogP contribution in [0, 0.1) is 0 Å². The number of halogens is 1. The first-order valence-electron chi connectivity index (χ1n) is 10.6. The highest BCUT2D eigenvalue weighted by Gasteiger charge is 2.34. The van der Waals surface area contributed by atoms with Crippen LogP contribution in [-0.4, -0.2) is 31.4 Å². The third-order valence-corrected chi connectivity index (χ3v) is 6.77. The highest BCUT2D eigenvalue weighted by Crippen LogP contribution is 2.34. The second-order valence-corrected chi connectivity index (χ2v) is 8.85. The number of carbonyl (C=O) groups is 1. The monoisotopic (exact) mass is 498 g/mol. The van der Waals surface area contributed by atoms with Crippen molar-refractivity contribution in [3.63, 3.8) is 0 Å². The second kappa shape index (κ2) is 9.87. The topological polar surface area (TPSA) is 79.1 Å². The van der Waals surface area contributed by atoms with Gasteiger partial charge >= 0.3 is 5.97 Å². The number of hydrogen-bond acceptors (Lipinski definition) is 7. The smallest absolute Gasteiger partial charge is 0.338 e. The van der Waals surface area contributed by atoms with Crippen molar-refractivity contribution >= 4 is 35.0 Å². The van der Waals surface area contributed by atoms with Crippen molar-refractivity contribution < 1.29 is 19.0 Å². The molecule has 1 unspecified atom stereocenters. The van der Waals surface area contributed by atoms with E-state index in [1.54, 1.807) is 70.5 Å². The van der Waals surface area contributed by atoms with E-state index in [1.807, 2.05) is 6.07 Å². The van der Waals surface area contributed by atoms with Gasteiger partial charge in [-0.1, -0.05) is 41.1 Å². The molecule has 0 spiro atoms. The molecule has 176 valence electrons. The summed E-state index contributed by atoms with van der Waals surface area (Å²) >= 11 is 7.75. The number of benzene rings is 2. The van der Waals surface area contributed by atoms with E-state index in [0.29, 0.717) is 42.7 Å². The molecule has 2 aromatic carbocycles. The summed E-state index contributed by atoms with van der Waals surface area (Å²) in [5, 5.41) is 0.438. The van der Waals surface area contributed by atoms with E-state index in [1.165, 1.54) is 15.9 Å². The third-order valence-electron chi connectivity index (χ3n) is 5.44. The number of ether oxygens (including phenoxy) is 3. The molecule has 0 saturated heterocycles.